The number of carbonyl (C=O) groups is 1. The van der Waals surface area contributed by atoms with E-state index in [1.165, 1.54) is 18.4 Å². The molecule has 5 heteroatoms. The molecule has 0 saturated heterocycles. The summed E-state index contributed by atoms with van der Waals surface area (Å²) in [5.74, 6) is 0.286. The van der Waals surface area contributed by atoms with Crippen LogP contribution in [0.15, 0.2) is 12.3 Å². The van der Waals surface area contributed by atoms with Crippen LogP contribution in [0.1, 0.15) is 47.3 Å². The van der Waals surface area contributed by atoms with Gasteiger partial charge in [0.15, 0.2) is 0 Å². The Morgan fingerprint density at radius 3 is 3.00 bits per heavy atom. The number of hydrogen-bond acceptors (Lipinski definition) is 3. The Hall–Kier alpha value is -2.04. The summed E-state index contributed by atoms with van der Waals surface area (Å²) in [7, 11) is 0. The van der Waals surface area contributed by atoms with E-state index in [4.69, 9.17) is 4.74 Å². The number of aromatic nitrogens is 3. The van der Waals surface area contributed by atoms with Crippen LogP contribution in [0.25, 0.3) is 11.4 Å². The van der Waals surface area contributed by atoms with Crippen molar-refractivity contribution in [2.24, 2.45) is 0 Å². The zero-order valence-electron chi connectivity index (χ0n) is 11.1. The number of nitrogens with one attached hydrogen (secondary N) is 2. The SMILES string of the molecule is CCOC(=O)c1c(-c2[nH]ccc2C2CC2)n[nH]c1C. The van der Waals surface area contributed by atoms with Crippen LogP contribution in [0.2, 0.25) is 0 Å². The van der Waals surface area contributed by atoms with E-state index < -0.39 is 0 Å². The summed E-state index contributed by atoms with van der Waals surface area (Å²) in [4.78, 5) is 15.2. The van der Waals surface area contributed by atoms with Gasteiger partial charge in [-0.2, -0.15) is 5.10 Å². The fourth-order valence-corrected chi connectivity index (χ4v) is 2.38. The summed E-state index contributed by atoms with van der Waals surface area (Å²) in [6.07, 6.45) is 4.33. The molecule has 0 radical (unpaired) electrons. The van der Waals surface area contributed by atoms with Gasteiger partial charge in [-0.15, -0.1) is 0 Å². The van der Waals surface area contributed by atoms with Crippen LogP contribution < -0.4 is 0 Å². The third kappa shape index (κ3) is 2.05. The molecule has 2 N–H and O–H groups in total. The lowest BCUT2D eigenvalue weighted by atomic mass is 10.1. The lowest BCUT2D eigenvalue weighted by Gasteiger charge is -2.04. The Morgan fingerprint density at radius 1 is 1.53 bits per heavy atom. The maximum absolute atomic E-state index is 12.0. The van der Waals surface area contributed by atoms with E-state index in [-0.39, 0.29) is 5.97 Å². The minimum absolute atomic E-state index is 0.319. The summed E-state index contributed by atoms with van der Waals surface area (Å²) >= 11 is 0. The first-order valence-corrected chi connectivity index (χ1v) is 6.62. The predicted molar refractivity (Wildman–Crippen MR) is 71.0 cm³/mol. The molecule has 5 nitrogen and oxygen atoms in total. The van der Waals surface area contributed by atoms with Crippen molar-refractivity contribution in [3.05, 3.63) is 29.1 Å². The number of hydrogen-bond donors (Lipinski definition) is 2. The molecule has 1 saturated carbocycles. The first kappa shape index (κ1) is 12.0. The largest absolute Gasteiger partial charge is 0.462 e. The third-order valence-corrected chi connectivity index (χ3v) is 3.46. The first-order chi connectivity index (χ1) is 9.22. The summed E-state index contributed by atoms with van der Waals surface area (Å²) in [5.41, 5.74) is 4.13. The molecule has 1 aliphatic rings. The molecule has 2 aromatic heterocycles. The highest BCUT2D eigenvalue weighted by Crippen LogP contribution is 2.44. The molecule has 100 valence electrons. The smallest absolute Gasteiger partial charge is 0.342 e. The van der Waals surface area contributed by atoms with Gasteiger partial charge in [-0.1, -0.05) is 0 Å². The van der Waals surface area contributed by atoms with E-state index >= 15 is 0 Å². The molecular formula is C14H17N3O2. The van der Waals surface area contributed by atoms with E-state index in [1.54, 1.807) is 6.92 Å². The van der Waals surface area contributed by atoms with Crippen molar-refractivity contribution < 1.29 is 9.53 Å². The molecule has 19 heavy (non-hydrogen) atoms. The molecule has 1 fully saturated rings. The highest BCUT2D eigenvalue weighted by molar-refractivity contribution is 5.97. The zero-order chi connectivity index (χ0) is 13.4. The minimum atomic E-state index is -0.319. The molecule has 0 atom stereocenters. The first-order valence-electron chi connectivity index (χ1n) is 6.62. The van der Waals surface area contributed by atoms with Gasteiger partial charge >= 0.3 is 5.97 Å². The summed E-state index contributed by atoms with van der Waals surface area (Å²) in [6.45, 7) is 4.00. The molecule has 3 rings (SSSR count). The molecule has 1 aliphatic carbocycles. The maximum Gasteiger partial charge on any atom is 0.342 e. The van der Waals surface area contributed by atoms with Crippen LogP contribution in [-0.2, 0) is 4.74 Å². The average Bonchev–Trinajstić information content (AvgIpc) is 2.98. The van der Waals surface area contributed by atoms with Crippen LogP contribution in [0.5, 0.6) is 0 Å². The Kier molecular flexibility index (Phi) is 2.89. The van der Waals surface area contributed by atoms with Crippen LogP contribution in [0.3, 0.4) is 0 Å². The molecule has 2 aromatic rings. The second-order valence-corrected chi connectivity index (χ2v) is 4.87. The molecule has 0 aliphatic heterocycles. The summed E-state index contributed by atoms with van der Waals surface area (Å²) < 4.78 is 5.11. The van der Waals surface area contributed by atoms with Gasteiger partial charge in [0.25, 0.3) is 0 Å². The van der Waals surface area contributed by atoms with Crippen molar-refractivity contribution in [3.8, 4) is 11.4 Å². The van der Waals surface area contributed by atoms with E-state index in [9.17, 15) is 4.79 Å². The molecule has 2 heterocycles. The number of carbonyl (C=O) groups excluding carboxylic acids is 1. The Labute approximate surface area is 111 Å². The van der Waals surface area contributed by atoms with Crippen molar-refractivity contribution >= 4 is 5.97 Å². The number of esters is 1. The van der Waals surface area contributed by atoms with Crippen molar-refractivity contribution in [2.75, 3.05) is 6.61 Å². The Morgan fingerprint density at radius 2 is 2.32 bits per heavy atom. The number of aromatic amines is 2. The van der Waals surface area contributed by atoms with Crippen LogP contribution in [0.4, 0.5) is 0 Å². The van der Waals surface area contributed by atoms with Crippen LogP contribution in [-0.4, -0.2) is 27.8 Å². The lowest BCUT2D eigenvalue weighted by molar-refractivity contribution is 0.0526. The van der Waals surface area contributed by atoms with Crippen molar-refractivity contribution in [1.82, 2.24) is 15.2 Å². The van der Waals surface area contributed by atoms with Crippen LogP contribution in [0, 0.1) is 6.92 Å². The third-order valence-electron chi connectivity index (χ3n) is 3.46. The topological polar surface area (TPSA) is 70.8 Å². The predicted octanol–water partition coefficient (Wildman–Crippen LogP) is 2.77. The minimum Gasteiger partial charge on any atom is -0.462 e. The molecule has 0 spiro atoms. The molecule has 0 bridgehead atoms. The van der Waals surface area contributed by atoms with E-state index in [1.807, 2.05) is 13.1 Å². The van der Waals surface area contributed by atoms with Crippen LogP contribution >= 0.6 is 0 Å². The van der Waals surface area contributed by atoms with Gasteiger partial charge in [0.05, 0.1) is 12.3 Å². The number of ether oxygens (including phenoxy) is 1. The second-order valence-electron chi connectivity index (χ2n) is 4.87. The van der Waals surface area contributed by atoms with Gasteiger partial charge in [-0.05, 0) is 44.2 Å². The fourth-order valence-electron chi connectivity index (χ4n) is 2.38. The number of nitrogens with zero attached hydrogens (tertiary/aromatic N) is 1. The van der Waals surface area contributed by atoms with E-state index in [0.29, 0.717) is 23.8 Å². The number of rotatable bonds is 4. The summed E-state index contributed by atoms with van der Waals surface area (Å²) in [6, 6.07) is 2.08. The number of aryl methyl sites for hydroxylation is 1. The monoisotopic (exact) mass is 259 g/mol. The zero-order valence-corrected chi connectivity index (χ0v) is 11.1. The molecular weight excluding hydrogens is 242 g/mol. The maximum atomic E-state index is 12.0. The Balaban J connectivity index is 2.05. The fraction of sp³-hybridized carbons (Fsp3) is 0.429. The van der Waals surface area contributed by atoms with Crippen molar-refractivity contribution in [3.63, 3.8) is 0 Å². The molecule has 0 unspecified atom stereocenters. The van der Waals surface area contributed by atoms with Crippen molar-refractivity contribution in [1.29, 1.82) is 0 Å². The number of H-pyrrole nitrogens is 2. The van der Waals surface area contributed by atoms with Gasteiger partial charge in [0, 0.05) is 11.9 Å². The van der Waals surface area contributed by atoms with Gasteiger partial charge in [0.2, 0.25) is 0 Å². The summed E-state index contributed by atoms with van der Waals surface area (Å²) in [5, 5.41) is 7.16. The highest BCUT2D eigenvalue weighted by Gasteiger charge is 2.30. The second kappa shape index (κ2) is 4.57. The molecule has 0 amide bonds. The van der Waals surface area contributed by atoms with Crippen molar-refractivity contribution in [2.45, 2.75) is 32.6 Å². The normalized spacial score (nSPS) is 14.6. The van der Waals surface area contributed by atoms with Gasteiger partial charge in [-0.25, -0.2) is 4.79 Å². The quantitative estimate of drug-likeness (QED) is 0.829. The lowest BCUT2D eigenvalue weighted by Crippen LogP contribution is -2.07. The van der Waals surface area contributed by atoms with Gasteiger partial charge < -0.3 is 9.72 Å². The van der Waals surface area contributed by atoms with Gasteiger partial charge in [0.1, 0.15) is 11.3 Å². The Bertz CT molecular complexity index is 608. The molecule has 0 aromatic carbocycles. The highest BCUT2D eigenvalue weighted by atomic mass is 16.5. The van der Waals surface area contributed by atoms with E-state index in [0.717, 1.165) is 11.4 Å². The standard InChI is InChI=1S/C14H17N3O2/c1-3-19-14(18)11-8(2)16-17-13(11)12-10(6-7-15-12)9-4-5-9/h6-7,9,15H,3-5H2,1-2H3,(H,16,17). The van der Waals surface area contributed by atoms with Gasteiger partial charge in [-0.3, -0.25) is 5.10 Å². The average molecular weight is 259 g/mol. The van der Waals surface area contributed by atoms with E-state index in [2.05, 4.69) is 21.2 Å².